The maximum atomic E-state index is 13.0. The van der Waals surface area contributed by atoms with Gasteiger partial charge in [0.05, 0.1) is 20.8 Å². The lowest BCUT2D eigenvalue weighted by Gasteiger charge is -2.26. The number of aliphatic hydroxyl groups excluding tert-OH is 1. The van der Waals surface area contributed by atoms with Crippen LogP contribution >= 0.6 is 11.6 Å². The van der Waals surface area contributed by atoms with Crippen molar-refractivity contribution < 1.29 is 24.5 Å². The van der Waals surface area contributed by atoms with Gasteiger partial charge >= 0.3 is 0 Å². The van der Waals surface area contributed by atoms with E-state index in [2.05, 4.69) is 0 Å². The highest BCUT2D eigenvalue weighted by Crippen LogP contribution is 2.47. The molecule has 2 atom stereocenters. The second-order valence-electron chi connectivity index (χ2n) is 7.26. The normalized spacial score (nSPS) is 19.4. The molecule has 1 heterocycles. The number of hydrogen-bond acceptors (Lipinski definition) is 6. The number of rotatable bonds is 7. The van der Waals surface area contributed by atoms with Gasteiger partial charge in [0.25, 0.3) is 0 Å². The zero-order chi connectivity index (χ0) is 21.8. The number of carbonyl (C=O) groups excluding carboxylic acids is 1. The number of nitrogens with zero attached hydrogens (tertiary/aromatic N) is 1. The highest BCUT2D eigenvalue weighted by Gasteiger charge is 2.37. The van der Waals surface area contributed by atoms with Crippen molar-refractivity contribution in [3.8, 4) is 17.2 Å². The van der Waals surface area contributed by atoms with Gasteiger partial charge in [-0.05, 0) is 43.8 Å². The molecule has 3 rings (SSSR count). The Hall–Kier alpha value is -2.54. The van der Waals surface area contributed by atoms with Crippen molar-refractivity contribution >= 4 is 23.5 Å². The van der Waals surface area contributed by atoms with Gasteiger partial charge in [-0.15, -0.1) is 0 Å². The number of likely N-dealkylation sites (tertiary alicyclic amines) is 1. The largest absolute Gasteiger partial charge is 0.507 e. The monoisotopic (exact) mass is 431 g/mol. The van der Waals surface area contributed by atoms with Crippen molar-refractivity contribution in [3.63, 3.8) is 0 Å². The molecule has 7 heteroatoms. The molecule has 0 bridgehead atoms. The van der Waals surface area contributed by atoms with Gasteiger partial charge in [0, 0.05) is 28.6 Å². The first-order valence-electron chi connectivity index (χ1n) is 9.68. The van der Waals surface area contributed by atoms with Crippen molar-refractivity contribution in [2.45, 2.75) is 18.4 Å². The third-order valence-corrected chi connectivity index (χ3v) is 6.00. The Bertz CT molecular complexity index is 959. The van der Waals surface area contributed by atoms with E-state index < -0.39 is 5.78 Å². The molecule has 2 aromatic rings. The third kappa shape index (κ3) is 4.17. The number of aromatic hydroxyl groups is 1. The number of allylic oxidation sites excluding steroid dienone is 1. The zero-order valence-corrected chi connectivity index (χ0v) is 18.0. The van der Waals surface area contributed by atoms with Gasteiger partial charge < -0.3 is 24.6 Å². The summed E-state index contributed by atoms with van der Waals surface area (Å²) in [5.74, 6) is -0.137. The van der Waals surface area contributed by atoms with Gasteiger partial charge in [-0.3, -0.25) is 4.79 Å². The fourth-order valence-corrected chi connectivity index (χ4v) is 4.23. The van der Waals surface area contributed by atoms with Crippen LogP contribution in [0.5, 0.6) is 17.2 Å². The van der Waals surface area contributed by atoms with Crippen molar-refractivity contribution in [3.05, 3.63) is 58.1 Å². The number of aliphatic hydroxyl groups is 1. The quantitative estimate of drug-likeness (QED) is 0.513. The molecule has 1 fully saturated rings. The summed E-state index contributed by atoms with van der Waals surface area (Å²) in [5, 5.41) is 21.5. The molecule has 1 saturated heterocycles. The molecule has 0 radical (unpaired) electrons. The van der Waals surface area contributed by atoms with Crippen LogP contribution in [0, 0.1) is 0 Å². The summed E-state index contributed by atoms with van der Waals surface area (Å²) in [5.41, 5.74) is 1.26. The van der Waals surface area contributed by atoms with Gasteiger partial charge in [-0.2, -0.15) is 0 Å². The predicted octanol–water partition coefficient (Wildman–Crippen LogP) is 3.74. The standard InChI is InChI=1S/C23H26ClNO5/c1-25-11-10-15(17(25)13-26)21-19(29-2)12-20(30-3)22(23(21)28)18(27)9-8-14-6-4-5-7-16(14)24/h4-9,12,15,17,26,28H,10-11,13H2,1-3H3. The lowest BCUT2D eigenvalue weighted by atomic mass is 9.87. The second-order valence-corrected chi connectivity index (χ2v) is 7.67. The van der Waals surface area contributed by atoms with Crippen molar-refractivity contribution in [2.75, 3.05) is 34.4 Å². The first-order valence-corrected chi connectivity index (χ1v) is 10.1. The minimum atomic E-state index is -0.417. The Morgan fingerprint density at radius 1 is 1.27 bits per heavy atom. The molecule has 0 aromatic heterocycles. The van der Waals surface area contributed by atoms with Crippen molar-refractivity contribution in [1.82, 2.24) is 4.90 Å². The molecule has 0 aliphatic carbocycles. The molecule has 30 heavy (non-hydrogen) atoms. The Labute approximate surface area is 181 Å². The molecular weight excluding hydrogens is 406 g/mol. The minimum Gasteiger partial charge on any atom is -0.507 e. The van der Waals surface area contributed by atoms with E-state index in [0.29, 0.717) is 21.9 Å². The van der Waals surface area contributed by atoms with E-state index in [0.717, 1.165) is 13.0 Å². The van der Waals surface area contributed by atoms with E-state index >= 15 is 0 Å². The van der Waals surface area contributed by atoms with Crippen LogP contribution < -0.4 is 9.47 Å². The van der Waals surface area contributed by atoms with Crippen LogP contribution in [0.1, 0.15) is 33.8 Å². The number of phenols is 1. The molecule has 2 N–H and O–H groups in total. The molecule has 0 spiro atoms. The van der Waals surface area contributed by atoms with E-state index in [1.54, 1.807) is 24.3 Å². The predicted molar refractivity (Wildman–Crippen MR) is 117 cm³/mol. The number of likely N-dealkylation sites (N-methyl/N-ethyl adjacent to an activating group) is 1. The molecule has 1 aliphatic heterocycles. The molecule has 2 unspecified atom stereocenters. The van der Waals surface area contributed by atoms with Gasteiger partial charge in [0.1, 0.15) is 22.8 Å². The average molecular weight is 432 g/mol. The Morgan fingerprint density at radius 2 is 1.97 bits per heavy atom. The first kappa shape index (κ1) is 22.2. The van der Waals surface area contributed by atoms with E-state index in [4.69, 9.17) is 21.1 Å². The SMILES string of the molecule is COc1cc(OC)c(C2CCN(C)C2CO)c(O)c1C(=O)C=Cc1ccccc1Cl. The number of methoxy groups -OCH3 is 2. The highest BCUT2D eigenvalue weighted by atomic mass is 35.5. The maximum Gasteiger partial charge on any atom is 0.193 e. The summed E-state index contributed by atoms with van der Waals surface area (Å²) in [7, 11) is 4.86. The smallest absolute Gasteiger partial charge is 0.193 e. The number of ketones is 1. The first-order chi connectivity index (χ1) is 14.4. The molecular formula is C23H26ClNO5. The van der Waals surface area contributed by atoms with E-state index in [-0.39, 0.29) is 35.6 Å². The van der Waals surface area contributed by atoms with Crippen LogP contribution in [0.25, 0.3) is 6.08 Å². The van der Waals surface area contributed by atoms with Crippen LogP contribution in [0.15, 0.2) is 36.4 Å². The highest BCUT2D eigenvalue weighted by molar-refractivity contribution is 6.32. The number of halogens is 1. The third-order valence-electron chi connectivity index (χ3n) is 5.65. The molecule has 2 aromatic carbocycles. The van der Waals surface area contributed by atoms with E-state index in [9.17, 15) is 15.0 Å². The summed E-state index contributed by atoms with van der Waals surface area (Å²) in [6.07, 6.45) is 3.69. The summed E-state index contributed by atoms with van der Waals surface area (Å²) in [6.45, 7) is 0.700. The Balaban J connectivity index is 2.08. The molecule has 1 aliphatic rings. The van der Waals surface area contributed by atoms with Gasteiger partial charge in [-0.25, -0.2) is 0 Å². The maximum absolute atomic E-state index is 13.0. The fraction of sp³-hybridized carbons (Fsp3) is 0.348. The number of ether oxygens (including phenoxy) is 2. The van der Waals surface area contributed by atoms with Crippen molar-refractivity contribution in [2.24, 2.45) is 0 Å². The minimum absolute atomic E-state index is 0.0582. The van der Waals surface area contributed by atoms with Gasteiger partial charge in [-0.1, -0.05) is 29.8 Å². The lowest BCUT2D eigenvalue weighted by Crippen LogP contribution is -2.32. The van der Waals surface area contributed by atoms with E-state index in [1.165, 1.54) is 20.3 Å². The molecule has 160 valence electrons. The molecule has 0 saturated carbocycles. The molecule has 6 nitrogen and oxygen atoms in total. The van der Waals surface area contributed by atoms with Crippen LogP contribution in [-0.2, 0) is 0 Å². The van der Waals surface area contributed by atoms with Gasteiger partial charge in [0.2, 0.25) is 0 Å². The Morgan fingerprint density at radius 3 is 2.60 bits per heavy atom. The number of carbonyl (C=O) groups is 1. The molecule has 0 amide bonds. The zero-order valence-electron chi connectivity index (χ0n) is 17.3. The van der Waals surface area contributed by atoms with Crippen molar-refractivity contribution in [1.29, 1.82) is 0 Å². The van der Waals surface area contributed by atoms with E-state index in [1.807, 2.05) is 24.1 Å². The summed E-state index contributed by atoms with van der Waals surface area (Å²) < 4.78 is 10.9. The second kappa shape index (κ2) is 9.51. The average Bonchev–Trinajstić information content (AvgIpc) is 3.11. The van der Waals surface area contributed by atoms with Crippen LogP contribution in [0.4, 0.5) is 0 Å². The summed E-state index contributed by atoms with van der Waals surface area (Å²) in [4.78, 5) is 15.1. The fourth-order valence-electron chi connectivity index (χ4n) is 4.03. The van der Waals surface area contributed by atoms with Crippen LogP contribution in [0.3, 0.4) is 0 Å². The van der Waals surface area contributed by atoms with Crippen LogP contribution in [-0.4, -0.2) is 61.4 Å². The number of hydrogen-bond donors (Lipinski definition) is 2. The van der Waals surface area contributed by atoms with Gasteiger partial charge in [0.15, 0.2) is 5.78 Å². The summed E-state index contributed by atoms with van der Waals surface area (Å²) >= 11 is 6.16. The summed E-state index contributed by atoms with van der Waals surface area (Å²) in [6, 6.07) is 8.59. The van der Waals surface area contributed by atoms with Crippen LogP contribution in [0.2, 0.25) is 5.02 Å². The number of benzene rings is 2. The topological polar surface area (TPSA) is 79.2 Å². The number of phenolic OH excluding ortho intramolecular Hbond substituents is 1. The lowest BCUT2D eigenvalue weighted by molar-refractivity contribution is 0.104. The Kier molecular flexibility index (Phi) is 7.02.